The first-order valence-electron chi connectivity index (χ1n) is 6.43. The zero-order valence-electron chi connectivity index (χ0n) is 10.5. The Kier molecular flexibility index (Phi) is 3.24. The van der Waals surface area contributed by atoms with Gasteiger partial charge in [0.05, 0.1) is 17.6 Å². The second kappa shape index (κ2) is 4.36. The van der Waals surface area contributed by atoms with E-state index in [1.807, 2.05) is 0 Å². The zero-order chi connectivity index (χ0) is 11.6. The van der Waals surface area contributed by atoms with Gasteiger partial charge in [-0.1, -0.05) is 25.7 Å². The molecule has 3 heteroatoms. The third-order valence-corrected chi connectivity index (χ3v) is 3.53. The molecule has 1 aliphatic carbocycles. The molecule has 2 aliphatic rings. The molecule has 1 N–H and O–H groups in total. The average molecular weight is 225 g/mol. The topological polar surface area (TPSA) is 41.8 Å². The SMILES string of the molecule is CC1(C)COC(CC2(O)CCCCCC2)=N1. The van der Waals surface area contributed by atoms with Crippen molar-refractivity contribution in [2.24, 2.45) is 4.99 Å². The first kappa shape index (κ1) is 11.9. The van der Waals surface area contributed by atoms with Gasteiger partial charge in [-0.2, -0.15) is 0 Å². The number of hydrogen-bond acceptors (Lipinski definition) is 3. The van der Waals surface area contributed by atoms with Crippen LogP contribution in [-0.2, 0) is 4.74 Å². The Morgan fingerprint density at radius 3 is 2.31 bits per heavy atom. The third kappa shape index (κ3) is 2.97. The van der Waals surface area contributed by atoms with Crippen LogP contribution in [0.5, 0.6) is 0 Å². The van der Waals surface area contributed by atoms with E-state index in [2.05, 4.69) is 18.8 Å². The Labute approximate surface area is 97.9 Å². The molecule has 1 saturated carbocycles. The summed E-state index contributed by atoms with van der Waals surface area (Å²) in [4.78, 5) is 4.52. The summed E-state index contributed by atoms with van der Waals surface area (Å²) in [7, 11) is 0. The highest BCUT2D eigenvalue weighted by atomic mass is 16.5. The minimum absolute atomic E-state index is 0.101. The molecule has 0 atom stereocenters. The van der Waals surface area contributed by atoms with Crippen molar-refractivity contribution < 1.29 is 9.84 Å². The Morgan fingerprint density at radius 1 is 1.19 bits per heavy atom. The molecular formula is C13H23NO2. The van der Waals surface area contributed by atoms with Gasteiger partial charge in [-0.3, -0.25) is 0 Å². The molecule has 92 valence electrons. The van der Waals surface area contributed by atoms with Crippen LogP contribution < -0.4 is 0 Å². The lowest BCUT2D eigenvalue weighted by molar-refractivity contribution is 0.0276. The van der Waals surface area contributed by atoms with Crippen LogP contribution in [0.25, 0.3) is 0 Å². The van der Waals surface area contributed by atoms with Crippen molar-refractivity contribution in [3.8, 4) is 0 Å². The van der Waals surface area contributed by atoms with Gasteiger partial charge in [0.2, 0.25) is 0 Å². The molecule has 0 unspecified atom stereocenters. The highest BCUT2D eigenvalue weighted by Crippen LogP contribution is 2.32. The van der Waals surface area contributed by atoms with Crippen LogP contribution in [0.2, 0.25) is 0 Å². The van der Waals surface area contributed by atoms with Crippen molar-refractivity contribution in [1.29, 1.82) is 0 Å². The normalized spacial score (nSPS) is 28.1. The first-order chi connectivity index (χ1) is 7.49. The minimum atomic E-state index is -0.560. The van der Waals surface area contributed by atoms with E-state index in [4.69, 9.17) is 4.74 Å². The molecule has 3 nitrogen and oxygen atoms in total. The number of aliphatic imine (C=N–C) groups is 1. The number of hydrogen-bond donors (Lipinski definition) is 1. The molecule has 0 aromatic carbocycles. The number of aliphatic hydroxyl groups is 1. The lowest BCUT2D eigenvalue weighted by Gasteiger charge is -2.25. The lowest BCUT2D eigenvalue weighted by atomic mass is 9.91. The Hall–Kier alpha value is -0.570. The molecule has 0 bridgehead atoms. The van der Waals surface area contributed by atoms with Crippen LogP contribution in [0, 0.1) is 0 Å². The molecule has 2 rings (SSSR count). The summed E-state index contributed by atoms with van der Waals surface area (Å²) in [6.45, 7) is 4.78. The molecule has 0 saturated heterocycles. The summed E-state index contributed by atoms with van der Waals surface area (Å²) < 4.78 is 5.57. The highest BCUT2D eigenvalue weighted by molar-refractivity contribution is 5.79. The van der Waals surface area contributed by atoms with E-state index >= 15 is 0 Å². The Bertz CT molecular complexity index is 276. The van der Waals surface area contributed by atoms with Crippen molar-refractivity contribution >= 4 is 5.90 Å². The summed E-state index contributed by atoms with van der Waals surface area (Å²) in [5.41, 5.74) is -0.661. The summed E-state index contributed by atoms with van der Waals surface area (Å²) in [5.74, 6) is 0.759. The number of nitrogens with zero attached hydrogens (tertiary/aromatic N) is 1. The van der Waals surface area contributed by atoms with Crippen LogP contribution in [-0.4, -0.2) is 28.8 Å². The maximum absolute atomic E-state index is 10.5. The lowest BCUT2D eigenvalue weighted by Crippen LogP contribution is -2.31. The third-order valence-electron chi connectivity index (χ3n) is 3.53. The number of rotatable bonds is 2. The fourth-order valence-electron chi connectivity index (χ4n) is 2.60. The molecular weight excluding hydrogens is 202 g/mol. The Morgan fingerprint density at radius 2 is 1.81 bits per heavy atom. The van der Waals surface area contributed by atoms with Crippen LogP contribution >= 0.6 is 0 Å². The summed E-state index contributed by atoms with van der Waals surface area (Å²) in [6.07, 6.45) is 7.17. The van der Waals surface area contributed by atoms with E-state index < -0.39 is 5.60 Å². The predicted molar refractivity (Wildman–Crippen MR) is 64.7 cm³/mol. The molecule has 0 amide bonds. The standard InChI is InChI=1S/C13H23NO2/c1-12(2)10-16-11(14-12)9-13(15)7-5-3-4-6-8-13/h15H,3-10H2,1-2H3. The van der Waals surface area contributed by atoms with E-state index in [0.717, 1.165) is 31.6 Å². The van der Waals surface area contributed by atoms with Crippen molar-refractivity contribution in [3.63, 3.8) is 0 Å². The second-order valence-corrected chi connectivity index (χ2v) is 5.92. The average Bonchev–Trinajstić information content (AvgIpc) is 2.40. The van der Waals surface area contributed by atoms with Crippen LogP contribution in [0.1, 0.15) is 58.8 Å². The van der Waals surface area contributed by atoms with Gasteiger partial charge < -0.3 is 9.84 Å². The zero-order valence-corrected chi connectivity index (χ0v) is 10.5. The highest BCUT2D eigenvalue weighted by Gasteiger charge is 2.34. The molecule has 1 aliphatic heterocycles. The van der Waals surface area contributed by atoms with Gasteiger partial charge in [0, 0.05) is 0 Å². The monoisotopic (exact) mass is 225 g/mol. The van der Waals surface area contributed by atoms with Crippen LogP contribution in [0.4, 0.5) is 0 Å². The fraction of sp³-hybridized carbons (Fsp3) is 0.923. The second-order valence-electron chi connectivity index (χ2n) is 5.92. The van der Waals surface area contributed by atoms with Gasteiger partial charge in [0.25, 0.3) is 0 Å². The maximum atomic E-state index is 10.5. The van der Waals surface area contributed by atoms with E-state index in [-0.39, 0.29) is 5.54 Å². The van der Waals surface area contributed by atoms with E-state index in [9.17, 15) is 5.11 Å². The molecule has 16 heavy (non-hydrogen) atoms. The van der Waals surface area contributed by atoms with Crippen LogP contribution in [0.3, 0.4) is 0 Å². The molecule has 1 heterocycles. The van der Waals surface area contributed by atoms with Gasteiger partial charge in [0.1, 0.15) is 6.61 Å². The van der Waals surface area contributed by atoms with Crippen LogP contribution in [0.15, 0.2) is 4.99 Å². The molecule has 1 fully saturated rings. The minimum Gasteiger partial charge on any atom is -0.478 e. The van der Waals surface area contributed by atoms with Gasteiger partial charge in [-0.25, -0.2) is 4.99 Å². The van der Waals surface area contributed by atoms with Crippen molar-refractivity contribution in [2.75, 3.05) is 6.61 Å². The number of ether oxygens (including phenoxy) is 1. The molecule has 0 spiro atoms. The van der Waals surface area contributed by atoms with Gasteiger partial charge in [-0.05, 0) is 26.7 Å². The first-order valence-corrected chi connectivity index (χ1v) is 6.43. The predicted octanol–water partition coefficient (Wildman–Crippen LogP) is 2.67. The quantitative estimate of drug-likeness (QED) is 0.734. The van der Waals surface area contributed by atoms with Gasteiger partial charge in [-0.15, -0.1) is 0 Å². The Balaban J connectivity index is 1.97. The molecule has 0 aromatic heterocycles. The van der Waals surface area contributed by atoms with Gasteiger partial charge in [0.15, 0.2) is 5.90 Å². The van der Waals surface area contributed by atoms with E-state index in [1.165, 1.54) is 12.8 Å². The largest absolute Gasteiger partial charge is 0.478 e. The van der Waals surface area contributed by atoms with Crippen molar-refractivity contribution in [2.45, 2.75) is 69.9 Å². The van der Waals surface area contributed by atoms with E-state index in [0.29, 0.717) is 13.0 Å². The fourth-order valence-corrected chi connectivity index (χ4v) is 2.60. The molecule has 0 aromatic rings. The van der Waals surface area contributed by atoms with E-state index in [1.54, 1.807) is 0 Å². The maximum Gasteiger partial charge on any atom is 0.186 e. The summed E-state index contributed by atoms with van der Waals surface area (Å²) >= 11 is 0. The summed E-state index contributed by atoms with van der Waals surface area (Å²) in [5, 5.41) is 10.5. The van der Waals surface area contributed by atoms with Crippen molar-refractivity contribution in [1.82, 2.24) is 0 Å². The smallest absolute Gasteiger partial charge is 0.186 e. The van der Waals surface area contributed by atoms with Crippen molar-refractivity contribution in [3.05, 3.63) is 0 Å². The molecule has 0 radical (unpaired) electrons. The van der Waals surface area contributed by atoms with Gasteiger partial charge >= 0.3 is 0 Å². The summed E-state index contributed by atoms with van der Waals surface area (Å²) in [6, 6.07) is 0.